The fourth-order valence-electron chi connectivity index (χ4n) is 2.62. The lowest BCUT2D eigenvalue weighted by Gasteiger charge is -2.29. The van der Waals surface area contributed by atoms with Crippen LogP contribution in [0.5, 0.6) is 0 Å². The Morgan fingerprint density at radius 3 is 2.59 bits per heavy atom. The lowest BCUT2D eigenvalue weighted by Crippen LogP contribution is -2.42. The van der Waals surface area contributed by atoms with Crippen molar-refractivity contribution in [3.05, 3.63) is 59.3 Å². The summed E-state index contributed by atoms with van der Waals surface area (Å²) in [5.41, 5.74) is 1.33. The van der Waals surface area contributed by atoms with Gasteiger partial charge in [0, 0.05) is 30.0 Å². The SMILES string of the molecule is CC1(C)OC(=O)C(=CNc2cc(Cl)ccc2Sc2nc3ccccc3s2)C(=O)O1. The predicted molar refractivity (Wildman–Crippen MR) is 113 cm³/mol. The first-order valence-corrected chi connectivity index (χ1v) is 10.6. The molecule has 0 amide bonds. The predicted octanol–water partition coefficient (Wildman–Crippen LogP) is 5.23. The van der Waals surface area contributed by atoms with E-state index >= 15 is 0 Å². The molecule has 148 valence electrons. The molecule has 1 saturated heterocycles. The van der Waals surface area contributed by atoms with Crippen LogP contribution in [0, 0.1) is 0 Å². The van der Waals surface area contributed by atoms with Crippen LogP contribution in [0.1, 0.15) is 13.8 Å². The molecule has 3 aromatic rings. The third-order valence-electron chi connectivity index (χ3n) is 3.90. The number of hydrogen-bond acceptors (Lipinski definition) is 8. The molecule has 0 atom stereocenters. The highest BCUT2D eigenvalue weighted by molar-refractivity contribution is 8.01. The normalized spacial score (nSPS) is 15.8. The fraction of sp³-hybridized carbons (Fsp3) is 0.150. The van der Waals surface area contributed by atoms with E-state index in [1.807, 2.05) is 30.3 Å². The smallest absolute Gasteiger partial charge is 0.350 e. The first-order chi connectivity index (χ1) is 13.8. The molecule has 0 bridgehead atoms. The Hall–Kier alpha value is -2.55. The Balaban J connectivity index is 1.60. The molecule has 1 aromatic heterocycles. The van der Waals surface area contributed by atoms with Gasteiger partial charge in [-0.25, -0.2) is 14.6 Å². The van der Waals surface area contributed by atoms with Crippen molar-refractivity contribution in [1.29, 1.82) is 0 Å². The monoisotopic (exact) mass is 446 g/mol. The van der Waals surface area contributed by atoms with Crippen molar-refractivity contribution in [2.24, 2.45) is 0 Å². The molecule has 0 radical (unpaired) electrons. The van der Waals surface area contributed by atoms with Gasteiger partial charge in [-0.1, -0.05) is 35.5 Å². The second kappa shape index (κ2) is 7.70. The minimum Gasteiger partial charge on any atom is -0.419 e. The maximum atomic E-state index is 12.1. The zero-order chi connectivity index (χ0) is 20.6. The van der Waals surface area contributed by atoms with Crippen LogP contribution >= 0.6 is 34.7 Å². The maximum absolute atomic E-state index is 12.1. The molecule has 2 aromatic carbocycles. The van der Waals surface area contributed by atoms with Gasteiger partial charge in [0.05, 0.1) is 15.9 Å². The highest BCUT2D eigenvalue weighted by Crippen LogP contribution is 2.39. The number of carbonyl (C=O) groups is 2. The van der Waals surface area contributed by atoms with Crippen molar-refractivity contribution >= 4 is 62.5 Å². The van der Waals surface area contributed by atoms with E-state index in [0.717, 1.165) is 19.5 Å². The number of fused-ring (bicyclic) bond motifs is 1. The van der Waals surface area contributed by atoms with E-state index in [1.165, 1.54) is 31.8 Å². The molecule has 6 nitrogen and oxygen atoms in total. The Kier molecular flexibility index (Phi) is 5.24. The molecule has 1 fully saturated rings. The Labute approximate surface area is 179 Å². The summed E-state index contributed by atoms with van der Waals surface area (Å²) in [5, 5.41) is 3.48. The number of nitrogens with zero attached hydrogens (tertiary/aromatic N) is 1. The van der Waals surface area contributed by atoms with Gasteiger partial charge >= 0.3 is 11.9 Å². The zero-order valence-corrected chi connectivity index (χ0v) is 17.8. The second-order valence-electron chi connectivity index (χ2n) is 6.57. The van der Waals surface area contributed by atoms with Crippen LogP contribution in [-0.4, -0.2) is 22.7 Å². The minimum absolute atomic E-state index is 0.222. The number of hydrogen-bond donors (Lipinski definition) is 1. The molecule has 4 rings (SSSR count). The van der Waals surface area contributed by atoms with Crippen molar-refractivity contribution in [2.45, 2.75) is 28.9 Å². The Morgan fingerprint density at radius 2 is 1.86 bits per heavy atom. The van der Waals surface area contributed by atoms with Crippen molar-refractivity contribution < 1.29 is 19.1 Å². The topological polar surface area (TPSA) is 77.5 Å². The summed E-state index contributed by atoms with van der Waals surface area (Å²) in [5.74, 6) is -2.78. The van der Waals surface area contributed by atoms with Crippen LogP contribution in [0.4, 0.5) is 5.69 Å². The van der Waals surface area contributed by atoms with Gasteiger partial charge in [-0.15, -0.1) is 11.3 Å². The van der Waals surface area contributed by atoms with E-state index in [4.69, 9.17) is 21.1 Å². The number of esters is 2. The number of cyclic esters (lactones) is 2. The van der Waals surface area contributed by atoms with Crippen molar-refractivity contribution in [3.63, 3.8) is 0 Å². The largest absolute Gasteiger partial charge is 0.419 e. The van der Waals surface area contributed by atoms with E-state index in [-0.39, 0.29) is 5.57 Å². The van der Waals surface area contributed by atoms with Gasteiger partial charge in [0.15, 0.2) is 9.91 Å². The molecule has 1 aliphatic heterocycles. The number of ether oxygens (including phenoxy) is 2. The summed E-state index contributed by atoms with van der Waals surface area (Å²) >= 11 is 9.17. The van der Waals surface area contributed by atoms with Crippen LogP contribution in [0.2, 0.25) is 5.02 Å². The molecule has 2 heterocycles. The standard InChI is InChI=1S/C20H15ClN2O4S2/c1-20(2)26-17(24)12(18(25)27-20)10-22-14-9-11(21)7-8-16(14)29-19-23-13-5-3-4-6-15(13)28-19/h3-10,22H,1-2H3. The van der Waals surface area contributed by atoms with E-state index in [1.54, 1.807) is 23.5 Å². The maximum Gasteiger partial charge on any atom is 0.350 e. The first-order valence-electron chi connectivity index (χ1n) is 8.57. The van der Waals surface area contributed by atoms with E-state index < -0.39 is 17.7 Å². The van der Waals surface area contributed by atoms with Gasteiger partial charge in [-0.2, -0.15) is 0 Å². The molecule has 1 N–H and O–H groups in total. The van der Waals surface area contributed by atoms with Crippen LogP contribution < -0.4 is 5.32 Å². The number of nitrogens with one attached hydrogen (secondary N) is 1. The van der Waals surface area contributed by atoms with Crippen molar-refractivity contribution in [1.82, 2.24) is 4.98 Å². The molecule has 0 spiro atoms. The molecular formula is C20H15ClN2O4S2. The third kappa shape index (κ3) is 4.39. The summed E-state index contributed by atoms with van der Waals surface area (Å²) in [6, 6.07) is 13.2. The van der Waals surface area contributed by atoms with Crippen molar-refractivity contribution in [3.8, 4) is 0 Å². The van der Waals surface area contributed by atoms with Crippen LogP contribution in [0.15, 0.2) is 63.5 Å². The Morgan fingerprint density at radius 1 is 1.14 bits per heavy atom. The number of para-hydroxylation sites is 1. The summed E-state index contributed by atoms with van der Waals surface area (Å²) in [7, 11) is 0. The summed E-state index contributed by atoms with van der Waals surface area (Å²) < 4.78 is 12.2. The molecule has 1 aliphatic rings. The van der Waals surface area contributed by atoms with Gasteiger partial charge < -0.3 is 14.8 Å². The lowest BCUT2D eigenvalue weighted by molar-refractivity contribution is -0.222. The number of rotatable bonds is 4. The third-order valence-corrected chi connectivity index (χ3v) is 6.31. The van der Waals surface area contributed by atoms with Gasteiger partial charge in [0.2, 0.25) is 0 Å². The fourth-order valence-corrected chi connectivity index (χ4v) is 4.89. The zero-order valence-electron chi connectivity index (χ0n) is 15.4. The summed E-state index contributed by atoms with van der Waals surface area (Å²) in [6.45, 7) is 2.99. The number of benzene rings is 2. The van der Waals surface area contributed by atoms with Crippen LogP contribution in [-0.2, 0) is 19.1 Å². The van der Waals surface area contributed by atoms with E-state index in [0.29, 0.717) is 10.7 Å². The number of thiazole rings is 1. The highest BCUT2D eigenvalue weighted by Gasteiger charge is 2.39. The average molecular weight is 447 g/mol. The number of anilines is 1. The quantitative estimate of drug-likeness (QED) is 0.334. The van der Waals surface area contributed by atoms with Gasteiger partial charge in [-0.05, 0) is 30.3 Å². The van der Waals surface area contributed by atoms with Gasteiger partial charge in [0.1, 0.15) is 0 Å². The van der Waals surface area contributed by atoms with Crippen molar-refractivity contribution in [2.75, 3.05) is 5.32 Å². The number of aromatic nitrogens is 1. The molecule has 9 heteroatoms. The average Bonchev–Trinajstić information content (AvgIpc) is 3.04. The second-order valence-corrected chi connectivity index (χ2v) is 9.33. The molecule has 29 heavy (non-hydrogen) atoms. The van der Waals surface area contributed by atoms with Crippen LogP contribution in [0.3, 0.4) is 0 Å². The van der Waals surface area contributed by atoms with Gasteiger partial charge in [-0.3, -0.25) is 0 Å². The molecule has 0 unspecified atom stereocenters. The molecular weight excluding hydrogens is 432 g/mol. The summed E-state index contributed by atoms with van der Waals surface area (Å²) in [4.78, 5) is 29.7. The Bertz CT molecular complexity index is 1100. The molecule has 0 saturated carbocycles. The minimum atomic E-state index is -1.28. The van der Waals surface area contributed by atoms with Crippen LogP contribution in [0.25, 0.3) is 10.2 Å². The molecule has 0 aliphatic carbocycles. The lowest BCUT2D eigenvalue weighted by atomic mass is 10.2. The van der Waals surface area contributed by atoms with E-state index in [9.17, 15) is 9.59 Å². The highest BCUT2D eigenvalue weighted by atomic mass is 35.5. The van der Waals surface area contributed by atoms with Gasteiger partial charge in [0.25, 0.3) is 5.79 Å². The number of halogens is 1. The van der Waals surface area contributed by atoms with E-state index in [2.05, 4.69) is 10.3 Å². The summed E-state index contributed by atoms with van der Waals surface area (Å²) in [6.07, 6.45) is 1.27. The first kappa shape index (κ1) is 19.8. The number of carbonyl (C=O) groups excluding carboxylic acids is 2.